The number of carbonyl (C=O) groups is 13. The number of Topliss-reactive ketones (excluding diaryl/α,β-unsaturated/α-hetero) is 2. The van der Waals surface area contributed by atoms with Gasteiger partial charge >= 0.3 is 30.0 Å². The zero-order valence-corrected chi connectivity index (χ0v) is 60.5. The third-order valence-electron chi connectivity index (χ3n) is 20.9. The van der Waals surface area contributed by atoms with Gasteiger partial charge < -0.3 is 85.7 Å². The number of ketones is 2. The van der Waals surface area contributed by atoms with Crippen LogP contribution in [-0.4, -0.2) is 193 Å². The van der Waals surface area contributed by atoms with Crippen molar-refractivity contribution >= 4 is 88.5 Å². The maximum absolute atomic E-state index is 16.0. The first-order chi connectivity index (χ1) is 51.1. The van der Waals surface area contributed by atoms with E-state index in [4.69, 9.17) is 38.9 Å². The summed E-state index contributed by atoms with van der Waals surface area (Å²) in [4.78, 5) is 184. The SMILES string of the molecule is CC(=O)N[C@@H](CCC(=O)CNc1ccc(C(=O)N[C@H](C)C(=O)N2CCC[C@H]2C(=O)Nc2ccc(COC(=O)O[C@@H](C(=O)OC3C[C@@]4(O)[C@@H](OC(=O)c5ccccc5)[C@]5(O)[C@]6(OC(C)=O)CO[C@@H]6C[C@H](O)[C@@]5(C)C(=O)[C@H](OC(C)=O)C(=C3C)C4(C)C)[C@@H](NC(=O)c3ccccc3)c3ccccc3)cc2)cn1)C(N)=O. The third-order valence-corrected chi connectivity index (χ3v) is 20.9. The molecule has 3 aliphatic carbocycles. The standard InChI is InChI=1S/C77H86N8O23/c1-41-55(36-75(100)71(107-69(97)49-23-16-11-17-24-49)77(101)74(8,56(90)35-57-76(77,40-103-57)108-45(5)88)63(91)61(104-44(4)87)59(41)73(75,6)7)105-70(98)62(60(47-19-12-9-13-20-47)84-65(93)48-21-14-10-15-22-48)106-72(99)102-39-46-26-29-51(30-27-46)83-67(95)54-25-18-34-85(54)68(96)42(2)81-66(94)50-28-33-58(79-37-50)80-38-52(89)31-32-53(64(78)92)82-43(3)86/h9-17,19-24,26-30,33,37,42,53-57,60-62,71,90,100-101H,18,25,31-32,34-36,38-40H2,1-8H3,(H2,78,92)(H,79,80)(H,81,94)(H,82,86)(H,83,95)(H,84,93)/t42-,53+,54+,55?,56+,57-,60+,61-,62-,71-,74+,75-,76+,77-/m1/s1. The van der Waals surface area contributed by atoms with Gasteiger partial charge in [-0.15, -0.1) is 0 Å². The predicted octanol–water partition coefficient (Wildman–Crippen LogP) is 4.11. The van der Waals surface area contributed by atoms with Gasteiger partial charge in [-0.1, -0.05) is 92.7 Å². The monoisotopic (exact) mass is 1490 g/mol. The van der Waals surface area contributed by atoms with E-state index in [9.17, 15) is 68.1 Å². The van der Waals surface area contributed by atoms with Gasteiger partial charge in [0.05, 0.1) is 35.8 Å². The van der Waals surface area contributed by atoms with Crippen LogP contribution in [0.5, 0.6) is 0 Å². The molecule has 1 aromatic heterocycles. The summed E-state index contributed by atoms with van der Waals surface area (Å²) in [6.45, 7) is 8.83. The second-order valence-corrected chi connectivity index (χ2v) is 28.2. The molecule has 10 N–H and O–H groups in total. The summed E-state index contributed by atoms with van der Waals surface area (Å²) in [5, 5.41) is 54.1. The fourth-order valence-electron chi connectivity index (χ4n) is 15.1. The van der Waals surface area contributed by atoms with Crippen LogP contribution in [0.1, 0.15) is 142 Å². The zero-order valence-electron chi connectivity index (χ0n) is 60.5. The van der Waals surface area contributed by atoms with Gasteiger partial charge in [-0.05, 0) is 111 Å². The Morgan fingerprint density at radius 3 is 1.99 bits per heavy atom. The van der Waals surface area contributed by atoms with Gasteiger partial charge in [-0.3, -0.25) is 47.9 Å². The summed E-state index contributed by atoms with van der Waals surface area (Å²) in [6.07, 6.45) is -12.9. The summed E-state index contributed by atoms with van der Waals surface area (Å²) >= 11 is 0. The number of nitrogens with zero attached hydrogens (tertiary/aromatic N) is 2. The molecule has 10 rings (SSSR count). The molecule has 5 aliphatic rings. The van der Waals surface area contributed by atoms with Gasteiger partial charge in [0.1, 0.15) is 54.4 Å². The summed E-state index contributed by atoms with van der Waals surface area (Å²) in [6, 6.07) is 27.1. The van der Waals surface area contributed by atoms with Crippen molar-refractivity contribution in [2.24, 2.45) is 16.6 Å². The Hall–Kier alpha value is -11.3. The molecule has 2 aliphatic heterocycles. The van der Waals surface area contributed by atoms with E-state index in [0.29, 0.717) is 12.0 Å². The Kier molecular flexibility index (Phi) is 23.8. The van der Waals surface area contributed by atoms with E-state index in [0.717, 1.165) is 20.8 Å². The first-order valence-electron chi connectivity index (χ1n) is 35.0. The highest BCUT2D eigenvalue weighted by Gasteiger charge is 2.86. The average Bonchev–Trinajstić information content (AvgIpc) is 0.678. The highest BCUT2D eigenvalue weighted by Crippen LogP contribution is 2.66. The smallest absolute Gasteiger partial charge is 0.455 e. The minimum atomic E-state index is -3.22. The molecule has 4 aromatic carbocycles. The second-order valence-electron chi connectivity index (χ2n) is 28.2. The molecule has 3 heterocycles. The fraction of sp³-hybridized carbons (Fsp3) is 0.429. The number of likely N-dealkylation sites (tertiary alicyclic amines) is 1. The number of amides is 6. The number of anilines is 2. The van der Waals surface area contributed by atoms with Crippen LogP contribution < -0.4 is 32.3 Å². The number of pyridine rings is 1. The lowest BCUT2D eigenvalue weighted by molar-refractivity contribution is -0.402. The normalized spacial score (nSPS) is 25.6. The molecular weight excluding hydrogens is 1400 g/mol. The van der Waals surface area contributed by atoms with E-state index in [2.05, 4.69) is 31.6 Å². The van der Waals surface area contributed by atoms with Crippen LogP contribution in [-0.2, 0) is 82.9 Å². The summed E-state index contributed by atoms with van der Waals surface area (Å²) in [5.74, 6) is -9.69. The Labute approximate surface area is 620 Å². The predicted molar refractivity (Wildman–Crippen MR) is 379 cm³/mol. The van der Waals surface area contributed by atoms with Crippen LogP contribution in [0.4, 0.5) is 16.3 Å². The molecule has 2 saturated carbocycles. The number of fused-ring (bicyclic) bond motifs is 5. The molecule has 0 spiro atoms. The van der Waals surface area contributed by atoms with E-state index in [1.165, 1.54) is 131 Å². The van der Waals surface area contributed by atoms with Crippen molar-refractivity contribution in [2.45, 2.75) is 178 Å². The fourth-order valence-corrected chi connectivity index (χ4v) is 15.1. The van der Waals surface area contributed by atoms with Gasteiger partial charge in [0.15, 0.2) is 35.0 Å². The van der Waals surface area contributed by atoms with Crippen LogP contribution in [0.25, 0.3) is 0 Å². The molecule has 14 atom stereocenters. The molecule has 2 bridgehead atoms. The third kappa shape index (κ3) is 15.9. The van der Waals surface area contributed by atoms with Crippen LogP contribution >= 0.6 is 0 Å². The zero-order chi connectivity index (χ0) is 78.4. The Morgan fingerprint density at radius 1 is 0.759 bits per heavy atom. The maximum atomic E-state index is 16.0. The second kappa shape index (κ2) is 32.4. The number of hydrogen-bond donors (Lipinski definition) is 9. The van der Waals surface area contributed by atoms with Crippen molar-refractivity contribution in [3.8, 4) is 0 Å². The number of primary amides is 1. The number of aromatic nitrogens is 1. The Balaban J connectivity index is 0.875. The number of hydrogen-bond acceptors (Lipinski definition) is 25. The molecule has 2 saturated heterocycles. The quantitative estimate of drug-likeness (QED) is 0.0214. The summed E-state index contributed by atoms with van der Waals surface area (Å²) in [5.41, 5.74) is -7.28. The Bertz CT molecular complexity index is 4340. The number of nitrogens with two attached hydrogens (primary N) is 1. The first-order valence-corrected chi connectivity index (χ1v) is 35.0. The number of aliphatic hydroxyl groups excluding tert-OH is 1. The van der Waals surface area contributed by atoms with Crippen LogP contribution in [0.2, 0.25) is 0 Å². The number of carbonyl (C=O) groups excluding carboxylic acids is 13. The molecule has 572 valence electrons. The number of rotatable bonds is 26. The summed E-state index contributed by atoms with van der Waals surface area (Å²) in [7, 11) is 0. The van der Waals surface area contributed by atoms with E-state index in [-0.39, 0.29) is 83.0 Å². The van der Waals surface area contributed by atoms with E-state index in [1.807, 2.05) is 0 Å². The molecule has 1 unspecified atom stereocenters. The lowest BCUT2D eigenvalue weighted by Crippen LogP contribution is -2.91. The number of esters is 4. The van der Waals surface area contributed by atoms with Crippen LogP contribution in [0.15, 0.2) is 145 Å². The van der Waals surface area contributed by atoms with Crippen molar-refractivity contribution in [2.75, 3.05) is 30.3 Å². The van der Waals surface area contributed by atoms with E-state index >= 15 is 9.59 Å². The Morgan fingerprint density at radius 2 is 1.40 bits per heavy atom. The molecule has 6 amide bonds. The minimum Gasteiger partial charge on any atom is -0.455 e. The topological polar surface area (TPSA) is 450 Å². The number of aliphatic hydroxyl groups is 3. The van der Waals surface area contributed by atoms with Crippen molar-refractivity contribution < 1.29 is 111 Å². The van der Waals surface area contributed by atoms with Crippen molar-refractivity contribution in [1.82, 2.24) is 25.8 Å². The number of nitrogens with one attached hydrogen (secondary N) is 5. The maximum Gasteiger partial charge on any atom is 0.509 e. The molecule has 5 aromatic rings. The molecular formula is C77H86N8O23. The van der Waals surface area contributed by atoms with E-state index < -0.39 is 186 Å². The lowest BCUT2D eigenvalue weighted by atomic mass is 9.42. The van der Waals surface area contributed by atoms with Crippen molar-refractivity contribution in [3.05, 3.63) is 173 Å². The van der Waals surface area contributed by atoms with Crippen LogP contribution in [0.3, 0.4) is 0 Å². The molecule has 4 fully saturated rings. The minimum absolute atomic E-state index is 0.000270. The van der Waals surface area contributed by atoms with E-state index in [1.54, 1.807) is 42.5 Å². The highest BCUT2D eigenvalue weighted by molar-refractivity contribution is 6.01. The van der Waals surface area contributed by atoms with Crippen molar-refractivity contribution in [1.29, 1.82) is 0 Å². The molecule has 0 radical (unpaired) electrons. The number of benzene rings is 4. The average molecular weight is 1490 g/mol. The van der Waals surface area contributed by atoms with Gasteiger partial charge in [-0.2, -0.15) is 0 Å². The van der Waals surface area contributed by atoms with Crippen LogP contribution in [0, 0.1) is 10.8 Å². The van der Waals surface area contributed by atoms with Gasteiger partial charge in [0.2, 0.25) is 29.7 Å². The van der Waals surface area contributed by atoms with Gasteiger partial charge in [0, 0.05) is 69.4 Å². The van der Waals surface area contributed by atoms with Gasteiger partial charge in [0.25, 0.3) is 11.8 Å². The molecule has 108 heavy (non-hydrogen) atoms. The number of ether oxygens (including phenoxy) is 7. The molecule has 31 nitrogen and oxygen atoms in total. The highest BCUT2D eigenvalue weighted by atomic mass is 16.7. The first kappa shape index (κ1) is 79.3. The van der Waals surface area contributed by atoms with Crippen molar-refractivity contribution in [3.63, 3.8) is 0 Å². The lowest BCUT2D eigenvalue weighted by Gasteiger charge is -2.70. The molecule has 31 heteroatoms. The van der Waals surface area contributed by atoms with Gasteiger partial charge in [-0.25, -0.2) is 19.4 Å². The summed E-state index contributed by atoms with van der Waals surface area (Å²) < 4.78 is 42.1. The largest absolute Gasteiger partial charge is 0.509 e.